The van der Waals surface area contributed by atoms with Crippen molar-refractivity contribution < 1.29 is 15.0 Å². The standard InChI is InChI=1S/C10H11Cl2NO3/c1-6(14)5-13(10(15)16)8-4-2-3-7(11)9(8)12/h2-4,6,14H,5H2,1H3,(H,15,16). The van der Waals surface area contributed by atoms with Crippen LogP contribution < -0.4 is 4.90 Å². The Kier molecular flexibility index (Phi) is 4.41. The van der Waals surface area contributed by atoms with Crippen molar-refractivity contribution in [2.24, 2.45) is 0 Å². The van der Waals surface area contributed by atoms with Gasteiger partial charge in [-0.25, -0.2) is 4.79 Å². The molecule has 88 valence electrons. The van der Waals surface area contributed by atoms with E-state index in [1.165, 1.54) is 13.0 Å². The van der Waals surface area contributed by atoms with Gasteiger partial charge in [0.25, 0.3) is 0 Å². The minimum absolute atomic E-state index is 0.0601. The van der Waals surface area contributed by atoms with Crippen molar-refractivity contribution in [3.8, 4) is 0 Å². The van der Waals surface area contributed by atoms with Gasteiger partial charge in [0, 0.05) is 0 Å². The highest BCUT2D eigenvalue weighted by molar-refractivity contribution is 6.44. The molecular weight excluding hydrogens is 253 g/mol. The molecule has 6 heteroatoms. The van der Waals surface area contributed by atoms with Gasteiger partial charge in [-0.05, 0) is 19.1 Å². The van der Waals surface area contributed by atoms with Crippen LogP contribution in [-0.4, -0.2) is 29.0 Å². The van der Waals surface area contributed by atoms with Crippen LogP contribution >= 0.6 is 23.2 Å². The van der Waals surface area contributed by atoms with E-state index in [-0.39, 0.29) is 22.3 Å². The maximum absolute atomic E-state index is 11.0. The highest BCUT2D eigenvalue weighted by Gasteiger charge is 2.19. The van der Waals surface area contributed by atoms with E-state index in [1.807, 2.05) is 0 Å². The van der Waals surface area contributed by atoms with Crippen LogP contribution in [0.5, 0.6) is 0 Å². The zero-order valence-corrected chi connectivity index (χ0v) is 10.0. The molecule has 0 aliphatic heterocycles. The number of carbonyl (C=O) groups is 1. The lowest BCUT2D eigenvalue weighted by Gasteiger charge is -2.22. The van der Waals surface area contributed by atoms with Crippen LogP contribution in [0.4, 0.5) is 10.5 Å². The Morgan fingerprint density at radius 1 is 1.50 bits per heavy atom. The van der Waals surface area contributed by atoms with E-state index in [0.29, 0.717) is 0 Å². The van der Waals surface area contributed by atoms with Crippen LogP contribution in [0.15, 0.2) is 18.2 Å². The highest BCUT2D eigenvalue weighted by Crippen LogP contribution is 2.32. The number of aliphatic hydroxyl groups is 1. The molecule has 0 fully saturated rings. The lowest BCUT2D eigenvalue weighted by Crippen LogP contribution is -2.35. The Balaban J connectivity index is 3.11. The molecule has 1 aromatic carbocycles. The number of benzene rings is 1. The van der Waals surface area contributed by atoms with E-state index in [9.17, 15) is 9.90 Å². The lowest BCUT2D eigenvalue weighted by molar-refractivity contribution is 0.180. The van der Waals surface area contributed by atoms with E-state index >= 15 is 0 Å². The smallest absolute Gasteiger partial charge is 0.411 e. The first-order valence-corrected chi connectivity index (χ1v) is 5.31. The molecule has 1 rings (SSSR count). The van der Waals surface area contributed by atoms with Crippen LogP contribution in [-0.2, 0) is 0 Å². The second-order valence-corrected chi connectivity index (χ2v) is 4.10. The van der Waals surface area contributed by atoms with Crippen LogP contribution in [0.3, 0.4) is 0 Å². The van der Waals surface area contributed by atoms with Gasteiger partial charge in [-0.15, -0.1) is 0 Å². The van der Waals surface area contributed by atoms with Gasteiger partial charge in [-0.1, -0.05) is 29.3 Å². The van der Waals surface area contributed by atoms with Gasteiger partial charge in [0.1, 0.15) is 0 Å². The fraction of sp³-hybridized carbons (Fsp3) is 0.300. The number of hydrogen-bond acceptors (Lipinski definition) is 2. The average molecular weight is 264 g/mol. The van der Waals surface area contributed by atoms with Crippen molar-refractivity contribution >= 4 is 35.0 Å². The molecule has 1 aromatic rings. The third-order valence-electron chi connectivity index (χ3n) is 1.90. The molecule has 0 aromatic heterocycles. The van der Waals surface area contributed by atoms with Crippen LogP contribution in [0.25, 0.3) is 0 Å². The summed E-state index contributed by atoms with van der Waals surface area (Å²) >= 11 is 11.7. The summed E-state index contributed by atoms with van der Waals surface area (Å²) in [6, 6.07) is 4.70. The third-order valence-corrected chi connectivity index (χ3v) is 2.71. The summed E-state index contributed by atoms with van der Waals surface area (Å²) in [6.07, 6.45) is -1.98. The minimum atomic E-state index is -1.19. The first kappa shape index (κ1) is 13.1. The van der Waals surface area contributed by atoms with Crippen molar-refractivity contribution in [1.82, 2.24) is 0 Å². The minimum Gasteiger partial charge on any atom is -0.465 e. The largest absolute Gasteiger partial charge is 0.465 e. The summed E-state index contributed by atoms with van der Waals surface area (Å²) in [5.74, 6) is 0. The summed E-state index contributed by atoms with van der Waals surface area (Å²) < 4.78 is 0. The van der Waals surface area contributed by atoms with Crippen LogP contribution in [0.2, 0.25) is 10.0 Å². The summed E-state index contributed by atoms with van der Waals surface area (Å²) in [6.45, 7) is 1.43. The summed E-state index contributed by atoms with van der Waals surface area (Å²) in [5.41, 5.74) is 0.266. The predicted molar refractivity (Wildman–Crippen MR) is 63.5 cm³/mol. The number of aliphatic hydroxyl groups excluding tert-OH is 1. The van der Waals surface area contributed by atoms with E-state index in [0.717, 1.165) is 4.90 Å². The lowest BCUT2D eigenvalue weighted by atomic mass is 10.2. The molecule has 0 aliphatic carbocycles. The fourth-order valence-electron chi connectivity index (χ4n) is 1.24. The SMILES string of the molecule is CC(O)CN(C(=O)O)c1cccc(Cl)c1Cl. The van der Waals surface area contributed by atoms with Gasteiger partial charge in [0.05, 0.1) is 28.4 Å². The molecule has 0 radical (unpaired) electrons. The number of hydrogen-bond donors (Lipinski definition) is 2. The second kappa shape index (κ2) is 5.39. The zero-order valence-electron chi connectivity index (χ0n) is 8.52. The van der Waals surface area contributed by atoms with Crippen molar-refractivity contribution in [3.05, 3.63) is 28.2 Å². The van der Waals surface area contributed by atoms with Crippen molar-refractivity contribution in [1.29, 1.82) is 0 Å². The Bertz CT molecular complexity index is 396. The van der Waals surface area contributed by atoms with Gasteiger partial charge in [0.15, 0.2) is 0 Å². The molecule has 0 heterocycles. The van der Waals surface area contributed by atoms with Gasteiger partial charge in [0.2, 0.25) is 0 Å². The Hall–Kier alpha value is -0.970. The van der Waals surface area contributed by atoms with Gasteiger partial charge >= 0.3 is 6.09 Å². The fourth-order valence-corrected chi connectivity index (χ4v) is 1.64. The molecule has 1 atom stereocenters. The molecule has 4 nitrogen and oxygen atoms in total. The number of nitrogens with zero attached hydrogens (tertiary/aromatic N) is 1. The summed E-state index contributed by atoms with van der Waals surface area (Å²) in [4.78, 5) is 12.0. The topological polar surface area (TPSA) is 60.8 Å². The molecule has 0 bridgehead atoms. The zero-order chi connectivity index (χ0) is 12.3. The maximum atomic E-state index is 11.0. The Morgan fingerprint density at radius 2 is 2.12 bits per heavy atom. The second-order valence-electron chi connectivity index (χ2n) is 3.32. The van der Waals surface area contributed by atoms with E-state index in [1.54, 1.807) is 12.1 Å². The van der Waals surface area contributed by atoms with E-state index < -0.39 is 12.2 Å². The van der Waals surface area contributed by atoms with Crippen molar-refractivity contribution in [2.75, 3.05) is 11.4 Å². The normalized spacial score (nSPS) is 12.2. The molecule has 0 aliphatic rings. The number of carboxylic acid groups (broad SMARTS) is 1. The number of anilines is 1. The van der Waals surface area contributed by atoms with Crippen molar-refractivity contribution in [2.45, 2.75) is 13.0 Å². The molecule has 0 spiro atoms. The monoisotopic (exact) mass is 263 g/mol. The van der Waals surface area contributed by atoms with Crippen molar-refractivity contribution in [3.63, 3.8) is 0 Å². The number of halogens is 2. The Morgan fingerprint density at radius 3 is 2.62 bits per heavy atom. The Labute approximate surface area is 103 Å². The highest BCUT2D eigenvalue weighted by atomic mass is 35.5. The third kappa shape index (κ3) is 3.01. The molecule has 16 heavy (non-hydrogen) atoms. The molecule has 1 unspecified atom stereocenters. The molecule has 0 saturated heterocycles. The van der Waals surface area contributed by atoms with E-state index in [4.69, 9.17) is 28.3 Å². The van der Waals surface area contributed by atoms with Gasteiger partial charge in [-0.3, -0.25) is 4.90 Å². The predicted octanol–water partition coefficient (Wildman–Crippen LogP) is 2.86. The molecule has 0 saturated carbocycles. The summed E-state index contributed by atoms with van der Waals surface area (Å²) in [5, 5.41) is 18.6. The number of rotatable bonds is 3. The van der Waals surface area contributed by atoms with Crippen LogP contribution in [0.1, 0.15) is 6.92 Å². The summed E-state index contributed by atoms with van der Waals surface area (Å²) in [7, 11) is 0. The van der Waals surface area contributed by atoms with Gasteiger partial charge in [-0.2, -0.15) is 0 Å². The van der Waals surface area contributed by atoms with E-state index in [2.05, 4.69) is 0 Å². The first-order chi connectivity index (χ1) is 7.43. The molecule has 1 amide bonds. The van der Waals surface area contributed by atoms with Crippen LogP contribution in [0, 0.1) is 0 Å². The van der Waals surface area contributed by atoms with Gasteiger partial charge < -0.3 is 10.2 Å². The molecule has 2 N–H and O–H groups in total. The molecular formula is C10H11Cl2NO3. The first-order valence-electron chi connectivity index (χ1n) is 4.56. The number of amides is 1. The maximum Gasteiger partial charge on any atom is 0.411 e. The average Bonchev–Trinajstić information content (AvgIpc) is 2.18. The quantitative estimate of drug-likeness (QED) is 0.882.